The molecule has 2 heterocycles. The fourth-order valence-corrected chi connectivity index (χ4v) is 3.11. The number of nitrogens with one attached hydrogen (secondary N) is 2. The number of hydrogen-bond acceptors (Lipinski definition) is 5. The number of nitrogens with zero attached hydrogens (tertiary/aromatic N) is 4. The summed E-state index contributed by atoms with van der Waals surface area (Å²) < 4.78 is 7.39. The van der Waals surface area contributed by atoms with Gasteiger partial charge in [-0.3, -0.25) is 0 Å². The summed E-state index contributed by atoms with van der Waals surface area (Å²) in [7, 11) is 0. The Morgan fingerprint density at radius 3 is 2.00 bits per heavy atom. The first kappa shape index (κ1) is 22.0. The number of ether oxygens (including phenoxy) is 1. The van der Waals surface area contributed by atoms with Crippen LogP contribution in [0.1, 0.15) is 32.0 Å². The van der Waals surface area contributed by atoms with Gasteiger partial charge in [-0.1, -0.05) is 32.9 Å². The average molecular weight is 443 g/mol. The van der Waals surface area contributed by atoms with Gasteiger partial charge in [0.2, 0.25) is 5.88 Å². The Hall–Kier alpha value is -4.20. The van der Waals surface area contributed by atoms with Crippen LogP contribution in [0, 0.1) is 6.92 Å². The van der Waals surface area contributed by atoms with E-state index in [2.05, 4.69) is 46.7 Å². The van der Waals surface area contributed by atoms with Gasteiger partial charge in [-0.05, 0) is 66.4 Å². The lowest BCUT2D eigenvalue weighted by Crippen LogP contribution is -2.19. The van der Waals surface area contributed by atoms with Crippen molar-refractivity contribution in [1.82, 2.24) is 20.0 Å². The number of benzene rings is 2. The first-order valence-corrected chi connectivity index (χ1v) is 10.6. The van der Waals surface area contributed by atoms with E-state index in [1.165, 1.54) is 5.56 Å². The second kappa shape index (κ2) is 9.12. The van der Waals surface area contributed by atoms with Crippen molar-refractivity contribution >= 4 is 17.4 Å². The van der Waals surface area contributed by atoms with Gasteiger partial charge in [-0.2, -0.15) is 5.10 Å². The molecule has 0 unspecified atom stereocenters. The minimum atomic E-state index is -0.317. The second-order valence-electron chi connectivity index (χ2n) is 8.66. The Morgan fingerprint density at radius 2 is 1.48 bits per heavy atom. The number of anilines is 2. The second-order valence-corrected chi connectivity index (χ2v) is 8.66. The van der Waals surface area contributed by atoms with Gasteiger partial charge in [0.15, 0.2) is 5.82 Å². The molecule has 2 aromatic heterocycles. The number of carbonyl (C=O) groups excluding carboxylic acids is 1. The molecule has 0 radical (unpaired) electrons. The van der Waals surface area contributed by atoms with E-state index >= 15 is 0 Å². The monoisotopic (exact) mass is 442 g/mol. The van der Waals surface area contributed by atoms with E-state index in [1.807, 2.05) is 43.5 Å². The summed E-state index contributed by atoms with van der Waals surface area (Å²) in [5, 5.41) is 18.2. The minimum Gasteiger partial charge on any atom is -0.438 e. The molecule has 0 aliphatic carbocycles. The van der Waals surface area contributed by atoms with Crippen LogP contribution in [0.5, 0.6) is 11.6 Å². The highest BCUT2D eigenvalue weighted by Crippen LogP contribution is 2.24. The molecule has 8 nitrogen and oxygen atoms in total. The van der Waals surface area contributed by atoms with Crippen molar-refractivity contribution in [2.45, 2.75) is 33.1 Å². The quantitative estimate of drug-likeness (QED) is 0.413. The Morgan fingerprint density at radius 1 is 0.848 bits per heavy atom. The third kappa shape index (κ3) is 5.74. The summed E-state index contributed by atoms with van der Waals surface area (Å²) >= 11 is 0. The van der Waals surface area contributed by atoms with Gasteiger partial charge >= 0.3 is 6.03 Å². The van der Waals surface area contributed by atoms with E-state index in [-0.39, 0.29) is 11.4 Å². The maximum absolute atomic E-state index is 12.3. The van der Waals surface area contributed by atoms with Crippen molar-refractivity contribution in [3.63, 3.8) is 0 Å². The van der Waals surface area contributed by atoms with Crippen LogP contribution in [0.4, 0.5) is 16.2 Å². The molecule has 0 aliphatic rings. The maximum Gasteiger partial charge on any atom is 0.323 e. The Labute approximate surface area is 192 Å². The van der Waals surface area contributed by atoms with Crippen LogP contribution in [0.15, 0.2) is 72.9 Å². The first-order valence-electron chi connectivity index (χ1n) is 10.6. The molecule has 0 spiro atoms. The molecule has 0 saturated carbocycles. The predicted molar refractivity (Wildman–Crippen MR) is 128 cm³/mol. The van der Waals surface area contributed by atoms with E-state index in [1.54, 1.807) is 41.1 Å². The highest BCUT2D eigenvalue weighted by molar-refractivity contribution is 5.99. The molecule has 2 aromatic carbocycles. The van der Waals surface area contributed by atoms with Crippen molar-refractivity contribution in [3.8, 4) is 17.4 Å². The number of aromatic nitrogens is 4. The predicted octanol–water partition coefficient (Wildman–Crippen LogP) is 5.70. The molecule has 0 bridgehead atoms. The molecule has 0 saturated heterocycles. The lowest BCUT2D eigenvalue weighted by Gasteiger charge is -2.19. The van der Waals surface area contributed by atoms with Crippen LogP contribution in [0.2, 0.25) is 0 Å². The molecule has 2 N–H and O–H groups in total. The van der Waals surface area contributed by atoms with Crippen LogP contribution in [0.3, 0.4) is 0 Å². The highest BCUT2D eigenvalue weighted by Gasteiger charge is 2.13. The largest absolute Gasteiger partial charge is 0.438 e. The molecule has 0 atom stereocenters. The number of amides is 2. The van der Waals surface area contributed by atoms with Crippen LogP contribution in [0.25, 0.3) is 5.82 Å². The zero-order valence-electron chi connectivity index (χ0n) is 19.0. The fraction of sp³-hybridized carbons (Fsp3) is 0.200. The number of aryl methyl sites for hydroxylation is 1. The molecule has 4 aromatic rings. The normalized spacial score (nSPS) is 11.2. The average Bonchev–Trinajstić information content (AvgIpc) is 3.22. The first-order chi connectivity index (χ1) is 15.8. The van der Waals surface area contributed by atoms with Gasteiger partial charge in [0.1, 0.15) is 5.75 Å². The van der Waals surface area contributed by atoms with Gasteiger partial charge in [0.25, 0.3) is 0 Å². The van der Waals surface area contributed by atoms with Crippen molar-refractivity contribution in [2.75, 3.05) is 10.6 Å². The molecular weight excluding hydrogens is 416 g/mol. The number of urea groups is 1. The summed E-state index contributed by atoms with van der Waals surface area (Å²) in [4.78, 5) is 12.3. The van der Waals surface area contributed by atoms with Gasteiger partial charge in [-0.25, -0.2) is 9.48 Å². The van der Waals surface area contributed by atoms with Crippen LogP contribution in [-0.2, 0) is 5.41 Å². The van der Waals surface area contributed by atoms with Crippen molar-refractivity contribution in [2.24, 2.45) is 0 Å². The van der Waals surface area contributed by atoms with E-state index in [4.69, 9.17) is 4.74 Å². The van der Waals surface area contributed by atoms with Crippen LogP contribution < -0.4 is 15.4 Å². The third-order valence-electron chi connectivity index (χ3n) is 4.93. The zero-order valence-corrected chi connectivity index (χ0v) is 19.0. The van der Waals surface area contributed by atoms with Crippen LogP contribution >= 0.6 is 0 Å². The highest BCUT2D eigenvalue weighted by atomic mass is 16.5. The fourth-order valence-electron chi connectivity index (χ4n) is 3.11. The van der Waals surface area contributed by atoms with Crippen molar-refractivity contribution < 1.29 is 9.53 Å². The van der Waals surface area contributed by atoms with E-state index in [0.717, 1.165) is 11.4 Å². The Bertz CT molecular complexity index is 1220. The third-order valence-corrected chi connectivity index (χ3v) is 4.93. The Kier molecular flexibility index (Phi) is 6.08. The lowest BCUT2D eigenvalue weighted by atomic mass is 9.87. The number of carbonyl (C=O) groups is 1. The number of rotatable bonds is 5. The van der Waals surface area contributed by atoms with Gasteiger partial charge in [0.05, 0.1) is 5.69 Å². The standard InChI is InChI=1S/C25H26N6O2/c1-17-15-16-31(30-17)22-13-14-23(29-28-22)33-21-11-9-20(10-12-21)27-24(32)26-19-7-5-18(6-8-19)25(2,3)4/h5-16H,1-4H3,(H2,26,27,32). The molecular formula is C25H26N6O2. The van der Waals surface area contributed by atoms with E-state index in [9.17, 15) is 4.79 Å². The lowest BCUT2D eigenvalue weighted by molar-refractivity contribution is 0.262. The smallest absolute Gasteiger partial charge is 0.323 e. The van der Waals surface area contributed by atoms with Gasteiger partial charge in [0, 0.05) is 23.6 Å². The molecule has 0 aliphatic heterocycles. The van der Waals surface area contributed by atoms with Gasteiger partial charge < -0.3 is 15.4 Å². The molecule has 168 valence electrons. The number of hydrogen-bond donors (Lipinski definition) is 2. The van der Waals surface area contributed by atoms with Gasteiger partial charge in [-0.15, -0.1) is 10.2 Å². The summed E-state index contributed by atoms with van der Waals surface area (Å²) in [5.41, 5.74) is 3.55. The summed E-state index contributed by atoms with van der Waals surface area (Å²) in [6.07, 6.45) is 1.82. The topological polar surface area (TPSA) is 94.0 Å². The van der Waals surface area contributed by atoms with E-state index < -0.39 is 0 Å². The summed E-state index contributed by atoms with van der Waals surface area (Å²) in [5.74, 6) is 1.55. The molecule has 2 amide bonds. The van der Waals surface area contributed by atoms with E-state index in [0.29, 0.717) is 23.1 Å². The zero-order chi connectivity index (χ0) is 23.4. The molecule has 33 heavy (non-hydrogen) atoms. The van der Waals surface area contributed by atoms with Crippen molar-refractivity contribution in [3.05, 3.63) is 84.2 Å². The van der Waals surface area contributed by atoms with Crippen molar-refractivity contribution in [1.29, 1.82) is 0 Å². The summed E-state index contributed by atoms with van der Waals surface area (Å²) in [6, 6.07) is 19.9. The Balaban J connectivity index is 1.32. The summed E-state index contributed by atoms with van der Waals surface area (Å²) in [6.45, 7) is 8.37. The maximum atomic E-state index is 12.3. The molecule has 0 fully saturated rings. The SMILES string of the molecule is Cc1ccn(-c2ccc(Oc3ccc(NC(=O)Nc4ccc(C(C)(C)C)cc4)cc3)nn2)n1. The minimum absolute atomic E-state index is 0.0666. The van der Waals surface area contributed by atoms with Crippen LogP contribution in [-0.4, -0.2) is 26.0 Å². The molecule has 4 rings (SSSR count). The molecule has 8 heteroatoms.